The van der Waals surface area contributed by atoms with Crippen LogP contribution in [0.25, 0.3) is 10.2 Å². The van der Waals surface area contributed by atoms with Crippen molar-refractivity contribution in [1.29, 1.82) is 0 Å². The van der Waals surface area contributed by atoms with Gasteiger partial charge in [-0.25, -0.2) is 9.97 Å². The van der Waals surface area contributed by atoms with Crippen molar-refractivity contribution >= 4 is 33.3 Å². The lowest BCUT2D eigenvalue weighted by atomic mass is 10.1. The second-order valence-corrected chi connectivity index (χ2v) is 7.55. The molecule has 0 aliphatic heterocycles. The molecule has 0 saturated carbocycles. The quantitative estimate of drug-likeness (QED) is 0.573. The number of nitrogens with zero attached hydrogens (tertiary/aromatic N) is 2. The Morgan fingerprint density at radius 2 is 1.96 bits per heavy atom. The number of aromatic nitrogens is 2. The Bertz CT molecular complexity index is 873. The summed E-state index contributed by atoms with van der Waals surface area (Å²) < 4.78 is 0. The molecule has 2 heterocycles. The smallest absolute Gasteiger partial charge is 0.251 e. The van der Waals surface area contributed by atoms with Gasteiger partial charge in [0.1, 0.15) is 17.0 Å². The van der Waals surface area contributed by atoms with E-state index in [4.69, 9.17) is 0 Å². The Kier molecular flexibility index (Phi) is 6.17. The van der Waals surface area contributed by atoms with Crippen LogP contribution in [0.5, 0.6) is 0 Å². The van der Waals surface area contributed by atoms with Gasteiger partial charge in [0.05, 0.1) is 5.39 Å². The predicted octanol–water partition coefficient (Wildman–Crippen LogP) is 4.53. The number of unbranched alkanes of at least 4 members (excludes halogenated alkanes) is 2. The maximum Gasteiger partial charge on any atom is 0.251 e. The first kappa shape index (κ1) is 18.3. The molecule has 136 valence electrons. The van der Waals surface area contributed by atoms with Gasteiger partial charge in [-0.1, -0.05) is 31.9 Å². The maximum atomic E-state index is 12.1. The number of carbonyl (C=O) groups excluding carboxylic acids is 1. The van der Waals surface area contributed by atoms with Crippen LogP contribution in [0.15, 0.2) is 36.7 Å². The zero-order valence-electron chi connectivity index (χ0n) is 15.2. The summed E-state index contributed by atoms with van der Waals surface area (Å²) in [6.07, 6.45) is 4.91. The van der Waals surface area contributed by atoms with Crippen molar-refractivity contribution in [2.24, 2.45) is 0 Å². The molecular weight excluding hydrogens is 344 g/mol. The number of hydrogen-bond acceptors (Lipinski definition) is 5. The Balaban J connectivity index is 1.58. The van der Waals surface area contributed by atoms with E-state index in [1.807, 2.05) is 24.3 Å². The van der Waals surface area contributed by atoms with Gasteiger partial charge >= 0.3 is 0 Å². The van der Waals surface area contributed by atoms with Crippen LogP contribution in [0, 0.1) is 6.92 Å². The molecule has 0 unspecified atom stereocenters. The minimum Gasteiger partial charge on any atom is -0.365 e. The van der Waals surface area contributed by atoms with Gasteiger partial charge in [0, 0.05) is 23.5 Å². The molecule has 0 fully saturated rings. The first-order valence-electron chi connectivity index (χ1n) is 8.99. The normalized spacial score (nSPS) is 10.8. The fourth-order valence-corrected chi connectivity index (χ4v) is 3.60. The number of carbonyl (C=O) groups is 1. The lowest BCUT2D eigenvalue weighted by molar-refractivity contribution is 0.0953. The molecule has 2 N–H and O–H groups in total. The third kappa shape index (κ3) is 4.58. The van der Waals surface area contributed by atoms with E-state index in [1.165, 1.54) is 4.88 Å². The van der Waals surface area contributed by atoms with Crippen LogP contribution in [-0.2, 0) is 6.54 Å². The van der Waals surface area contributed by atoms with Crippen molar-refractivity contribution in [3.63, 3.8) is 0 Å². The Morgan fingerprint density at radius 1 is 1.15 bits per heavy atom. The highest BCUT2D eigenvalue weighted by molar-refractivity contribution is 7.18. The molecule has 3 aromatic rings. The molecule has 1 amide bonds. The molecule has 0 aliphatic carbocycles. The van der Waals surface area contributed by atoms with Crippen LogP contribution >= 0.6 is 11.3 Å². The molecule has 0 bridgehead atoms. The van der Waals surface area contributed by atoms with Crippen LogP contribution in [0.2, 0.25) is 0 Å². The fraction of sp³-hybridized carbons (Fsp3) is 0.350. The van der Waals surface area contributed by atoms with E-state index in [2.05, 4.69) is 40.5 Å². The highest BCUT2D eigenvalue weighted by Gasteiger charge is 2.08. The Morgan fingerprint density at radius 3 is 2.73 bits per heavy atom. The van der Waals surface area contributed by atoms with Gasteiger partial charge in [0.2, 0.25) is 0 Å². The standard InChI is InChI=1S/C20H24N4OS/c1-3-4-5-10-21-19(25)16-8-6-15(7-9-16)12-22-18-17-11-14(2)26-20(17)24-13-23-18/h6-9,11,13H,3-5,10,12H2,1-2H3,(H,21,25)(H,22,23,24). The number of amides is 1. The van der Waals surface area contributed by atoms with Crippen molar-refractivity contribution in [2.45, 2.75) is 39.7 Å². The van der Waals surface area contributed by atoms with Gasteiger partial charge in [-0.2, -0.15) is 0 Å². The van der Waals surface area contributed by atoms with Crippen molar-refractivity contribution in [2.75, 3.05) is 11.9 Å². The van der Waals surface area contributed by atoms with E-state index in [0.717, 1.165) is 47.4 Å². The van der Waals surface area contributed by atoms with Crippen LogP contribution in [0.3, 0.4) is 0 Å². The summed E-state index contributed by atoms with van der Waals surface area (Å²) in [5.41, 5.74) is 1.80. The molecule has 0 radical (unpaired) electrons. The average Bonchev–Trinajstić information content (AvgIpc) is 3.04. The van der Waals surface area contributed by atoms with Crippen LogP contribution in [0.1, 0.15) is 47.0 Å². The minimum atomic E-state index is -0.00753. The lowest BCUT2D eigenvalue weighted by Crippen LogP contribution is -2.24. The zero-order chi connectivity index (χ0) is 18.4. The van der Waals surface area contributed by atoms with E-state index in [0.29, 0.717) is 12.1 Å². The number of rotatable bonds is 8. The topological polar surface area (TPSA) is 66.9 Å². The van der Waals surface area contributed by atoms with E-state index in [1.54, 1.807) is 17.7 Å². The van der Waals surface area contributed by atoms with Crippen molar-refractivity contribution in [3.8, 4) is 0 Å². The van der Waals surface area contributed by atoms with E-state index < -0.39 is 0 Å². The molecule has 0 aliphatic rings. The second-order valence-electron chi connectivity index (χ2n) is 6.31. The number of fused-ring (bicyclic) bond motifs is 1. The van der Waals surface area contributed by atoms with Gasteiger partial charge in [0.15, 0.2) is 0 Å². The van der Waals surface area contributed by atoms with Crippen molar-refractivity contribution in [1.82, 2.24) is 15.3 Å². The highest BCUT2D eigenvalue weighted by Crippen LogP contribution is 2.27. The van der Waals surface area contributed by atoms with Crippen LogP contribution in [0.4, 0.5) is 5.82 Å². The van der Waals surface area contributed by atoms with E-state index in [9.17, 15) is 4.79 Å². The summed E-state index contributed by atoms with van der Waals surface area (Å²) >= 11 is 1.67. The minimum absolute atomic E-state index is 0.00753. The summed E-state index contributed by atoms with van der Waals surface area (Å²) in [6, 6.07) is 9.80. The number of thiophene rings is 1. The summed E-state index contributed by atoms with van der Waals surface area (Å²) in [4.78, 5) is 23.0. The largest absolute Gasteiger partial charge is 0.365 e. The third-order valence-electron chi connectivity index (χ3n) is 4.19. The lowest BCUT2D eigenvalue weighted by Gasteiger charge is -2.08. The average molecular weight is 369 g/mol. The van der Waals surface area contributed by atoms with Crippen LogP contribution < -0.4 is 10.6 Å². The Labute approximate surface area is 157 Å². The SMILES string of the molecule is CCCCCNC(=O)c1ccc(CNc2ncnc3sc(C)cc23)cc1. The van der Waals surface area contributed by atoms with Gasteiger partial charge in [-0.15, -0.1) is 11.3 Å². The number of nitrogens with one attached hydrogen (secondary N) is 2. The number of benzene rings is 1. The second kappa shape index (κ2) is 8.76. The molecule has 2 aromatic heterocycles. The number of aryl methyl sites for hydroxylation is 1. The first-order valence-corrected chi connectivity index (χ1v) is 9.81. The molecule has 3 rings (SSSR count). The van der Waals surface area contributed by atoms with Crippen molar-refractivity contribution in [3.05, 3.63) is 52.7 Å². The summed E-state index contributed by atoms with van der Waals surface area (Å²) in [5.74, 6) is 0.837. The zero-order valence-corrected chi connectivity index (χ0v) is 16.0. The third-order valence-corrected chi connectivity index (χ3v) is 5.15. The fourth-order valence-electron chi connectivity index (χ4n) is 2.76. The first-order chi connectivity index (χ1) is 12.7. The summed E-state index contributed by atoms with van der Waals surface area (Å²) in [7, 11) is 0. The van der Waals surface area contributed by atoms with Crippen LogP contribution in [-0.4, -0.2) is 22.4 Å². The van der Waals surface area contributed by atoms with E-state index >= 15 is 0 Å². The number of anilines is 1. The molecule has 1 aromatic carbocycles. The Hall–Kier alpha value is -2.47. The van der Waals surface area contributed by atoms with Crippen molar-refractivity contribution < 1.29 is 4.79 Å². The molecule has 26 heavy (non-hydrogen) atoms. The number of hydrogen-bond donors (Lipinski definition) is 2. The monoisotopic (exact) mass is 368 g/mol. The molecule has 0 spiro atoms. The molecule has 0 saturated heterocycles. The predicted molar refractivity (Wildman–Crippen MR) is 108 cm³/mol. The van der Waals surface area contributed by atoms with Gasteiger partial charge in [-0.05, 0) is 37.1 Å². The molecular formula is C20H24N4OS. The maximum absolute atomic E-state index is 12.1. The van der Waals surface area contributed by atoms with E-state index in [-0.39, 0.29) is 5.91 Å². The molecule has 5 nitrogen and oxygen atoms in total. The highest BCUT2D eigenvalue weighted by atomic mass is 32.1. The summed E-state index contributed by atoms with van der Waals surface area (Å²) in [5, 5.41) is 7.39. The summed E-state index contributed by atoms with van der Waals surface area (Å²) in [6.45, 7) is 5.61. The molecule has 0 atom stereocenters. The van der Waals surface area contributed by atoms with Gasteiger partial charge in [0.25, 0.3) is 5.91 Å². The van der Waals surface area contributed by atoms with Gasteiger partial charge < -0.3 is 10.6 Å². The van der Waals surface area contributed by atoms with Gasteiger partial charge in [-0.3, -0.25) is 4.79 Å². The molecule has 6 heteroatoms.